The molecule has 1 fully saturated rings. The van der Waals surface area contributed by atoms with E-state index in [4.69, 9.17) is 9.15 Å². The second-order valence-corrected chi connectivity index (χ2v) is 7.10. The number of hydrogen-bond acceptors (Lipinski definition) is 4. The number of likely N-dealkylation sites (tertiary alicyclic amines) is 1. The lowest BCUT2D eigenvalue weighted by atomic mass is 10.1. The van der Waals surface area contributed by atoms with Gasteiger partial charge in [0.1, 0.15) is 5.76 Å². The minimum atomic E-state index is -0.0253. The van der Waals surface area contributed by atoms with Crippen LogP contribution in [-0.4, -0.2) is 51.2 Å². The highest BCUT2D eigenvalue weighted by atomic mass is 127. The van der Waals surface area contributed by atoms with Gasteiger partial charge in [-0.3, -0.25) is 9.89 Å². The fraction of sp³-hybridized carbons (Fsp3) is 0.500. The van der Waals surface area contributed by atoms with Crippen LogP contribution in [0, 0.1) is 0 Å². The normalized spacial score (nSPS) is 17.2. The molecule has 1 aromatic carbocycles. The monoisotopic (exact) mass is 512 g/mol. The van der Waals surface area contributed by atoms with Crippen molar-refractivity contribution in [1.82, 2.24) is 15.5 Å². The summed E-state index contributed by atoms with van der Waals surface area (Å²) in [7, 11) is 3.53. The quantitative estimate of drug-likeness (QED) is 0.319. The molecule has 2 heterocycles. The predicted molar refractivity (Wildman–Crippen MR) is 128 cm³/mol. The van der Waals surface area contributed by atoms with E-state index in [1.54, 1.807) is 20.4 Å². The SMILES string of the molecule is CN=C(NCC(OC)c1ccccc1)NCC(c1ccco1)N1CCCCC1.I. The van der Waals surface area contributed by atoms with Crippen LogP contribution in [0.5, 0.6) is 0 Å². The van der Waals surface area contributed by atoms with E-state index in [1.807, 2.05) is 24.3 Å². The molecule has 2 unspecified atom stereocenters. The third-order valence-electron chi connectivity index (χ3n) is 5.30. The molecule has 7 heteroatoms. The van der Waals surface area contributed by atoms with E-state index in [0.29, 0.717) is 6.54 Å². The predicted octanol–water partition coefficient (Wildman–Crippen LogP) is 3.98. The number of aliphatic imine (C=N–C) groups is 1. The summed E-state index contributed by atoms with van der Waals surface area (Å²) in [6.45, 7) is 3.61. The molecule has 2 N–H and O–H groups in total. The lowest BCUT2D eigenvalue weighted by Crippen LogP contribution is -2.45. The number of hydrogen-bond donors (Lipinski definition) is 2. The lowest BCUT2D eigenvalue weighted by molar-refractivity contribution is 0.106. The molecule has 0 amide bonds. The molecule has 2 atom stereocenters. The van der Waals surface area contributed by atoms with Crippen LogP contribution in [0.15, 0.2) is 58.1 Å². The van der Waals surface area contributed by atoms with Crippen molar-refractivity contribution in [2.24, 2.45) is 4.99 Å². The molecule has 1 saturated heterocycles. The molecule has 1 aromatic heterocycles. The Balaban J connectivity index is 0.00000300. The van der Waals surface area contributed by atoms with Gasteiger partial charge in [0.2, 0.25) is 0 Å². The first-order valence-corrected chi connectivity index (χ1v) is 10.1. The fourth-order valence-electron chi connectivity index (χ4n) is 3.73. The van der Waals surface area contributed by atoms with E-state index in [2.05, 4.69) is 38.7 Å². The Morgan fingerprint density at radius 1 is 1.07 bits per heavy atom. The van der Waals surface area contributed by atoms with Gasteiger partial charge in [-0.1, -0.05) is 36.8 Å². The third-order valence-corrected chi connectivity index (χ3v) is 5.30. The second-order valence-electron chi connectivity index (χ2n) is 7.10. The largest absolute Gasteiger partial charge is 0.468 e. The van der Waals surface area contributed by atoms with E-state index in [0.717, 1.165) is 36.9 Å². The zero-order valence-corrected chi connectivity index (χ0v) is 19.7. The molecule has 1 aliphatic heterocycles. The molecule has 6 nitrogen and oxygen atoms in total. The molecular formula is C22H33IN4O2. The summed E-state index contributed by atoms with van der Waals surface area (Å²) < 4.78 is 11.4. The summed E-state index contributed by atoms with van der Waals surface area (Å²) >= 11 is 0. The van der Waals surface area contributed by atoms with Crippen LogP contribution >= 0.6 is 24.0 Å². The Labute approximate surface area is 191 Å². The van der Waals surface area contributed by atoms with Crippen LogP contribution in [0.3, 0.4) is 0 Å². The molecule has 0 saturated carbocycles. The Morgan fingerprint density at radius 3 is 2.41 bits per heavy atom. The molecule has 3 rings (SSSR count). The van der Waals surface area contributed by atoms with E-state index in [9.17, 15) is 0 Å². The van der Waals surface area contributed by atoms with Crippen molar-refractivity contribution < 1.29 is 9.15 Å². The summed E-state index contributed by atoms with van der Waals surface area (Å²) in [5.41, 5.74) is 1.15. The minimum Gasteiger partial charge on any atom is -0.468 e. The maximum Gasteiger partial charge on any atom is 0.191 e. The van der Waals surface area contributed by atoms with Crippen LogP contribution < -0.4 is 10.6 Å². The van der Waals surface area contributed by atoms with Gasteiger partial charge in [-0.25, -0.2) is 0 Å². The van der Waals surface area contributed by atoms with Gasteiger partial charge in [-0.05, 0) is 43.6 Å². The van der Waals surface area contributed by atoms with Gasteiger partial charge in [-0.2, -0.15) is 0 Å². The standard InChI is InChI=1S/C22H32N4O2.HI/c1-23-22(25-17-21(27-2)18-10-5-3-6-11-18)24-16-19(20-12-9-15-28-20)26-13-7-4-8-14-26;/h3,5-6,9-12,15,19,21H,4,7-8,13-14,16-17H2,1-2H3,(H2,23,24,25);1H. The van der Waals surface area contributed by atoms with Gasteiger partial charge in [0, 0.05) is 27.2 Å². The lowest BCUT2D eigenvalue weighted by Gasteiger charge is -2.33. The van der Waals surface area contributed by atoms with Gasteiger partial charge in [0.25, 0.3) is 0 Å². The minimum absolute atomic E-state index is 0. The van der Waals surface area contributed by atoms with Crippen molar-refractivity contribution in [3.05, 3.63) is 60.1 Å². The molecule has 29 heavy (non-hydrogen) atoms. The number of piperidine rings is 1. The number of ether oxygens (including phenoxy) is 1. The first-order valence-electron chi connectivity index (χ1n) is 10.1. The van der Waals surface area contributed by atoms with Crippen molar-refractivity contribution in [2.75, 3.05) is 40.3 Å². The van der Waals surface area contributed by atoms with Crippen LogP contribution in [0.1, 0.15) is 42.7 Å². The van der Waals surface area contributed by atoms with Crippen LogP contribution in [0.2, 0.25) is 0 Å². The smallest absolute Gasteiger partial charge is 0.191 e. The number of benzene rings is 1. The number of guanidine groups is 1. The van der Waals surface area contributed by atoms with E-state index in [1.165, 1.54) is 19.3 Å². The Kier molecular flexibility index (Phi) is 10.5. The highest BCUT2D eigenvalue weighted by molar-refractivity contribution is 14.0. The average Bonchev–Trinajstić information content (AvgIpc) is 3.29. The van der Waals surface area contributed by atoms with Gasteiger partial charge < -0.3 is 19.8 Å². The highest BCUT2D eigenvalue weighted by Crippen LogP contribution is 2.24. The third kappa shape index (κ3) is 7.01. The Bertz CT molecular complexity index is 703. The molecule has 0 bridgehead atoms. The average molecular weight is 512 g/mol. The zero-order valence-electron chi connectivity index (χ0n) is 17.3. The number of rotatable bonds is 8. The summed E-state index contributed by atoms with van der Waals surface area (Å²) in [4.78, 5) is 6.88. The van der Waals surface area contributed by atoms with E-state index >= 15 is 0 Å². The van der Waals surface area contributed by atoms with Gasteiger partial charge in [0.05, 0.1) is 18.4 Å². The fourth-order valence-corrected chi connectivity index (χ4v) is 3.73. The molecule has 1 aliphatic rings. The first-order chi connectivity index (χ1) is 13.8. The molecule has 0 spiro atoms. The van der Waals surface area contributed by atoms with Gasteiger partial charge >= 0.3 is 0 Å². The maximum absolute atomic E-state index is 5.73. The van der Waals surface area contributed by atoms with Crippen LogP contribution in [0.25, 0.3) is 0 Å². The second kappa shape index (κ2) is 12.9. The van der Waals surface area contributed by atoms with E-state index < -0.39 is 0 Å². The van der Waals surface area contributed by atoms with Crippen molar-refractivity contribution in [3.8, 4) is 0 Å². The van der Waals surface area contributed by atoms with E-state index in [-0.39, 0.29) is 36.1 Å². The van der Waals surface area contributed by atoms with Crippen LogP contribution in [0.4, 0.5) is 0 Å². The Hall–Kier alpha value is -1.58. The van der Waals surface area contributed by atoms with Crippen molar-refractivity contribution >= 4 is 29.9 Å². The topological polar surface area (TPSA) is 62.0 Å². The first kappa shape index (κ1) is 23.7. The summed E-state index contributed by atoms with van der Waals surface area (Å²) in [5, 5.41) is 6.85. The highest BCUT2D eigenvalue weighted by Gasteiger charge is 2.24. The molecular weight excluding hydrogens is 479 g/mol. The Morgan fingerprint density at radius 2 is 1.79 bits per heavy atom. The van der Waals surface area contributed by atoms with Crippen molar-refractivity contribution in [3.63, 3.8) is 0 Å². The number of nitrogens with zero attached hydrogens (tertiary/aromatic N) is 2. The van der Waals surface area contributed by atoms with Crippen molar-refractivity contribution in [2.45, 2.75) is 31.4 Å². The molecule has 0 aliphatic carbocycles. The number of nitrogens with one attached hydrogen (secondary N) is 2. The maximum atomic E-state index is 5.73. The van der Waals surface area contributed by atoms with Gasteiger partial charge in [-0.15, -0.1) is 24.0 Å². The number of methoxy groups -OCH3 is 1. The number of halogens is 1. The summed E-state index contributed by atoms with van der Waals surface area (Å²) in [6, 6.07) is 14.5. The summed E-state index contributed by atoms with van der Waals surface area (Å²) in [6.07, 6.45) is 5.54. The molecule has 2 aromatic rings. The molecule has 160 valence electrons. The number of furan rings is 1. The van der Waals surface area contributed by atoms with Gasteiger partial charge in [0.15, 0.2) is 5.96 Å². The summed E-state index contributed by atoms with van der Waals surface area (Å²) in [5.74, 6) is 1.77. The zero-order chi connectivity index (χ0) is 19.6. The van der Waals surface area contributed by atoms with Crippen LogP contribution in [-0.2, 0) is 4.74 Å². The molecule has 0 radical (unpaired) electrons. The van der Waals surface area contributed by atoms with Crippen molar-refractivity contribution in [1.29, 1.82) is 0 Å².